The van der Waals surface area contributed by atoms with E-state index >= 15 is 0 Å². The highest BCUT2D eigenvalue weighted by molar-refractivity contribution is 6.00. The lowest BCUT2D eigenvalue weighted by atomic mass is 9.83. The van der Waals surface area contributed by atoms with Crippen LogP contribution in [0.15, 0.2) is 73.1 Å². The number of rotatable bonds is 6. The highest BCUT2D eigenvalue weighted by Crippen LogP contribution is 2.41. The molecular formula is C26H25N5O4. The fraction of sp³-hybridized carbons (Fsp3) is 0.231. The van der Waals surface area contributed by atoms with Gasteiger partial charge >= 0.3 is 0 Å². The number of nitrogens with zero attached hydrogens (tertiary/aromatic N) is 4. The van der Waals surface area contributed by atoms with Gasteiger partial charge in [-0.3, -0.25) is 9.59 Å². The van der Waals surface area contributed by atoms with Crippen molar-refractivity contribution in [1.82, 2.24) is 14.6 Å². The van der Waals surface area contributed by atoms with Gasteiger partial charge in [0.1, 0.15) is 17.3 Å². The quantitative estimate of drug-likeness (QED) is 0.459. The van der Waals surface area contributed by atoms with E-state index < -0.39 is 12.0 Å². The Hall–Kier alpha value is -4.40. The molecule has 1 aliphatic heterocycles. The average Bonchev–Trinajstić information content (AvgIpc) is 3.39. The molecule has 2 aromatic carbocycles. The minimum atomic E-state index is -0.509. The van der Waals surface area contributed by atoms with Gasteiger partial charge in [-0.15, -0.1) is 0 Å². The van der Waals surface area contributed by atoms with Crippen LogP contribution < -0.4 is 19.7 Å². The van der Waals surface area contributed by atoms with Crippen LogP contribution in [0.5, 0.6) is 11.5 Å². The number of hydrogen-bond donors (Lipinski definition) is 1. The number of hydrogen-bond acceptors (Lipinski definition) is 6. The number of methoxy groups -OCH3 is 2. The normalized spacial score (nSPS) is 17.9. The molecule has 1 fully saturated rings. The Morgan fingerprint density at radius 2 is 1.63 bits per heavy atom. The first-order valence-electron chi connectivity index (χ1n) is 11.3. The van der Waals surface area contributed by atoms with E-state index in [2.05, 4.69) is 15.4 Å². The lowest BCUT2D eigenvalue weighted by molar-refractivity contribution is -0.126. The van der Waals surface area contributed by atoms with E-state index in [1.54, 1.807) is 48.2 Å². The fourth-order valence-corrected chi connectivity index (χ4v) is 4.54. The fourth-order valence-electron chi connectivity index (χ4n) is 4.54. The second kappa shape index (κ2) is 9.46. The molecular weight excluding hydrogens is 446 g/mol. The Labute approximate surface area is 202 Å². The molecule has 0 bridgehead atoms. The minimum Gasteiger partial charge on any atom is -0.497 e. The number of piperidine rings is 1. The van der Waals surface area contributed by atoms with Crippen molar-refractivity contribution in [2.75, 3.05) is 24.4 Å². The van der Waals surface area contributed by atoms with Crippen LogP contribution in [0.1, 0.15) is 24.4 Å². The summed E-state index contributed by atoms with van der Waals surface area (Å²) in [6, 6.07) is 17.7. The van der Waals surface area contributed by atoms with Crippen molar-refractivity contribution in [2.45, 2.75) is 18.9 Å². The van der Waals surface area contributed by atoms with Crippen LogP contribution in [0.2, 0.25) is 0 Å². The summed E-state index contributed by atoms with van der Waals surface area (Å²) in [5.74, 6) is 1.17. The van der Waals surface area contributed by atoms with E-state index in [1.807, 2.05) is 48.5 Å². The first-order valence-corrected chi connectivity index (χ1v) is 11.3. The lowest BCUT2D eigenvalue weighted by Gasteiger charge is -2.41. The highest BCUT2D eigenvalue weighted by atomic mass is 16.5. The summed E-state index contributed by atoms with van der Waals surface area (Å²) < 4.78 is 12.2. The van der Waals surface area contributed by atoms with Crippen molar-refractivity contribution in [3.05, 3.63) is 78.6 Å². The van der Waals surface area contributed by atoms with Crippen molar-refractivity contribution in [3.8, 4) is 11.5 Å². The van der Waals surface area contributed by atoms with Gasteiger partial charge < -0.3 is 19.7 Å². The Morgan fingerprint density at radius 3 is 2.31 bits per heavy atom. The van der Waals surface area contributed by atoms with E-state index in [0.717, 1.165) is 5.56 Å². The molecule has 2 unspecified atom stereocenters. The summed E-state index contributed by atoms with van der Waals surface area (Å²) >= 11 is 0. The number of anilines is 2. The van der Waals surface area contributed by atoms with Gasteiger partial charge in [-0.2, -0.15) is 9.61 Å². The SMILES string of the molecule is COc1ccc(C2C(C(=O)Nc3ccnc4ccnn34)CCC(=O)N2c2ccc(OC)cc2)cc1. The smallest absolute Gasteiger partial charge is 0.231 e. The second-order valence-corrected chi connectivity index (χ2v) is 8.25. The van der Waals surface area contributed by atoms with E-state index in [1.165, 1.54) is 0 Å². The Morgan fingerprint density at radius 1 is 0.943 bits per heavy atom. The van der Waals surface area contributed by atoms with Crippen molar-refractivity contribution in [1.29, 1.82) is 0 Å². The molecule has 9 nitrogen and oxygen atoms in total. The molecule has 0 radical (unpaired) electrons. The predicted molar refractivity (Wildman–Crippen MR) is 131 cm³/mol. The molecule has 2 atom stereocenters. The van der Waals surface area contributed by atoms with Crippen molar-refractivity contribution in [3.63, 3.8) is 0 Å². The topological polar surface area (TPSA) is 98.1 Å². The molecule has 5 rings (SSSR count). The summed E-state index contributed by atoms with van der Waals surface area (Å²) in [5.41, 5.74) is 2.18. The van der Waals surface area contributed by atoms with E-state index in [9.17, 15) is 9.59 Å². The number of benzene rings is 2. The van der Waals surface area contributed by atoms with E-state index in [0.29, 0.717) is 35.1 Å². The molecule has 2 amide bonds. The number of aromatic nitrogens is 3. The van der Waals surface area contributed by atoms with Gasteiger partial charge in [0.25, 0.3) is 0 Å². The molecule has 0 spiro atoms. The summed E-state index contributed by atoms with van der Waals surface area (Å²) in [4.78, 5) is 32.9. The van der Waals surface area contributed by atoms with Gasteiger partial charge in [-0.25, -0.2) is 4.98 Å². The average molecular weight is 472 g/mol. The molecule has 1 saturated heterocycles. The van der Waals surface area contributed by atoms with Crippen LogP contribution in [0.25, 0.3) is 5.65 Å². The second-order valence-electron chi connectivity index (χ2n) is 8.25. The maximum atomic E-state index is 13.7. The largest absolute Gasteiger partial charge is 0.497 e. The Kier molecular flexibility index (Phi) is 6.05. The van der Waals surface area contributed by atoms with Crippen molar-refractivity contribution in [2.24, 2.45) is 5.92 Å². The first-order chi connectivity index (χ1) is 17.1. The third-order valence-electron chi connectivity index (χ3n) is 6.28. The minimum absolute atomic E-state index is 0.0431. The van der Waals surface area contributed by atoms with E-state index in [4.69, 9.17) is 9.47 Å². The number of carbonyl (C=O) groups is 2. The zero-order valence-corrected chi connectivity index (χ0v) is 19.4. The number of ether oxygens (including phenoxy) is 2. The molecule has 35 heavy (non-hydrogen) atoms. The van der Waals surface area contributed by atoms with Gasteiger partial charge in [-0.1, -0.05) is 12.1 Å². The Bertz CT molecular complexity index is 1350. The van der Waals surface area contributed by atoms with Gasteiger partial charge in [-0.05, 0) is 54.4 Å². The zero-order chi connectivity index (χ0) is 24.4. The standard InChI is InChI=1S/C26H25N5O4/c1-34-19-7-3-17(4-8-19)25-21(26(33)29-23-13-15-27-22-14-16-28-31(22)23)11-12-24(32)30(25)18-5-9-20(35-2)10-6-18/h3-10,13-16,21,25H,11-12H2,1-2H3,(H,29,33). The van der Waals surface area contributed by atoms with Crippen LogP contribution in [0.4, 0.5) is 11.5 Å². The van der Waals surface area contributed by atoms with Gasteiger partial charge in [0.2, 0.25) is 11.8 Å². The van der Waals surface area contributed by atoms with Crippen molar-refractivity contribution >= 4 is 29.0 Å². The lowest BCUT2D eigenvalue weighted by Crippen LogP contribution is -2.47. The molecule has 178 valence electrons. The summed E-state index contributed by atoms with van der Waals surface area (Å²) in [7, 11) is 3.20. The van der Waals surface area contributed by atoms with Gasteiger partial charge in [0.05, 0.1) is 32.4 Å². The zero-order valence-electron chi connectivity index (χ0n) is 19.4. The number of fused-ring (bicyclic) bond motifs is 1. The van der Waals surface area contributed by atoms with Crippen molar-refractivity contribution < 1.29 is 19.1 Å². The predicted octanol–water partition coefficient (Wildman–Crippen LogP) is 3.87. The molecule has 1 N–H and O–H groups in total. The maximum absolute atomic E-state index is 13.7. The monoisotopic (exact) mass is 471 g/mol. The number of nitrogens with one attached hydrogen (secondary N) is 1. The third kappa shape index (κ3) is 4.28. The molecule has 4 aromatic rings. The van der Waals surface area contributed by atoms with Gasteiger partial charge in [0.15, 0.2) is 5.65 Å². The van der Waals surface area contributed by atoms with Crippen LogP contribution >= 0.6 is 0 Å². The summed E-state index contributed by atoms with van der Waals surface area (Å²) in [5, 5.41) is 7.26. The molecule has 0 aliphatic carbocycles. The molecule has 3 heterocycles. The van der Waals surface area contributed by atoms with Crippen LogP contribution in [-0.2, 0) is 9.59 Å². The van der Waals surface area contributed by atoms with Crippen LogP contribution in [0, 0.1) is 5.92 Å². The molecule has 0 saturated carbocycles. The number of amides is 2. The molecule has 9 heteroatoms. The van der Waals surface area contributed by atoms with Gasteiger partial charge in [0, 0.05) is 24.4 Å². The molecule has 2 aromatic heterocycles. The Balaban J connectivity index is 1.54. The summed E-state index contributed by atoms with van der Waals surface area (Å²) in [6.07, 6.45) is 3.93. The first kappa shape index (κ1) is 22.4. The highest BCUT2D eigenvalue weighted by Gasteiger charge is 2.41. The van der Waals surface area contributed by atoms with Crippen LogP contribution in [0.3, 0.4) is 0 Å². The third-order valence-corrected chi connectivity index (χ3v) is 6.28. The maximum Gasteiger partial charge on any atom is 0.231 e. The summed E-state index contributed by atoms with van der Waals surface area (Å²) in [6.45, 7) is 0. The molecule has 1 aliphatic rings. The number of carbonyl (C=O) groups excluding carboxylic acids is 2. The van der Waals surface area contributed by atoms with Crippen LogP contribution in [-0.4, -0.2) is 40.6 Å². The van der Waals surface area contributed by atoms with E-state index in [-0.39, 0.29) is 18.2 Å².